The largest absolute Gasteiger partial charge is 0.352 e. The molecule has 5 rings (SSSR count). The third-order valence-corrected chi connectivity index (χ3v) is 7.02. The van der Waals surface area contributed by atoms with E-state index in [4.69, 9.17) is 16.6 Å². The second kappa shape index (κ2) is 10.5. The molecule has 0 spiro atoms. The van der Waals surface area contributed by atoms with Crippen molar-refractivity contribution in [3.05, 3.63) is 98.9 Å². The number of fused-ring (bicyclic) bond motifs is 1. The van der Waals surface area contributed by atoms with Crippen molar-refractivity contribution >= 4 is 34.5 Å². The molecule has 2 aromatic heterocycles. The lowest BCUT2D eigenvalue weighted by Crippen LogP contribution is -2.45. The van der Waals surface area contributed by atoms with Crippen LogP contribution in [0, 0.1) is 12.8 Å². The van der Waals surface area contributed by atoms with E-state index in [2.05, 4.69) is 10.3 Å². The Morgan fingerprint density at radius 2 is 1.92 bits per heavy atom. The number of hydrogen-bond acceptors (Lipinski definition) is 5. The summed E-state index contributed by atoms with van der Waals surface area (Å²) in [6, 6.07) is 19.3. The molecule has 1 N–H and O–H groups in total. The van der Waals surface area contributed by atoms with E-state index in [-0.39, 0.29) is 17.4 Å². The summed E-state index contributed by atoms with van der Waals surface area (Å²) in [5.41, 5.74) is 4.07. The highest BCUT2D eigenvalue weighted by molar-refractivity contribution is 6.31. The van der Waals surface area contributed by atoms with Crippen molar-refractivity contribution in [2.45, 2.75) is 32.9 Å². The first kappa shape index (κ1) is 24.0. The number of hydrogen-bond donors (Lipinski definition) is 1. The number of halogens is 1. The maximum atomic E-state index is 13.7. The van der Waals surface area contributed by atoms with Crippen LogP contribution in [0.5, 0.6) is 0 Å². The molecule has 184 valence electrons. The van der Waals surface area contributed by atoms with E-state index in [1.54, 1.807) is 10.8 Å². The van der Waals surface area contributed by atoms with Crippen LogP contribution in [0.4, 0.5) is 5.82 Å². The fourth-order valence-corrected chi connectivity index (χ4v) is 4.85. The third-order valence-electron chi connectivity index (χ3n) is 6.65. The van der Waals surface area contributed by atoms with E-state index in [1.165, 1.54) is 0 Å². The average molecular weight is 502 g/mol. The van der Waals surface area contributed by atoms with Gasteiger partial charge in [0.2, 0.25) is 5.91 Å². The minimum atomic E-state index is -0.238. The molecule has 1 fully saturated rings. The molecular formula is C28H28ClN5O2. The molecule has 0 unspecified atom stereocenters. The van der Waals surface area contributed by atoms with Gasteiger partial charge in [0.1, 0.15) is 5.52 Å². The van der Waals surface area contributed by atoms with Crippen LogP contribution in [-0.2, 0) is 17.9 Å². The predicted octanol–water partition coefficient (Wildman–Crippen LogP) is 4.33. The van der Waals surface area contributed by atoms with Crippen LogP contribution in [0.3, 0.4) is 0 Å². The number of rotatable bonds is 6. The summed E-state index contributed by atoms with van der Waals surface area (Å²) in [5.74, 6) is 0.0888. The van der Waals surface area contributed by atoms with Crippen LogP contribution < -0.4 is 15.8 Å². The number of nitrogens with zero attached hydrogens (tertiary/aromatic N) is 4. The van der Waals surface area contributed by atoms with Gasteiger partial charge >= 0.3 is 0 Å². The van der Waals surface area contributed by atoms with Crippen LogP contribution in [0.25, 0.3) is 11.2 Å². The number of piperidine rings is 1. The number of pyridine rings is 1. The van der Waals surface area contributed by atoms with Crippen molar-refractivity contribution in [1.29, 1.82) is 0 Å². The summed E-state index contributed by atoms with van der Waals surface area (Å²) in [4.78, 5) is 37.8. The molecule has 1 atom stereocenters. The average Bonchev–Trinajstić information content (AvgIpc) is 2.90. The topological polar surface area (TPSA) is 80.1 Å². The van der Waals surface area contributed by atoms with Crippen LogP contribution >= 0.6 is 11.6 Å². The minimum Gasteiger partial charge on any atom is -0.352 e. The number of aromatic nitrogens is 3. The summed E-state index contributed by atoms with van der Waals surface area (Å²) in [6.07, 6.45) is 3.24. The molecule has 8 heteroatoms. The van der Waals surface area contributed by atoms with Gasteiger partial charge in [0, 0.05) is 30.9 Å². The number of carbonyl (C=O) groups excluding carboxylic acids is 1. The predicted molar refractivity (Wildman–Crippen MR) is 142 cm³/mol. The van der Waals surface area contributed by atoms with E-state index < -0.39 is 0 Å². The van der Waals surface area contributed by atoms with Crippen LogP contribution in [0.15, 0.2) is 71.7 Å². The highest BCUT2D eigenvalue weighted by Gasteiger charge is 2.29. The van der Waals surface area contributed by atoms with Gasteiger partial charge in [-0.1, -0.05) is 59.6 Å². The maximum Gasteiger partial charge on any atom is 0.295 e. The van der Waals surface area contributed by atoms with Gasteiger partial charge in [-0.15, -0.1) is 0 Å². The first-order valence-corrected chi connectivity index (χ1v) is 12.5. The van der Waals surface area contributed by atoms with Crippen LogP contribution in [-0.4, -0.2) is 33.5 Å². The van der Waals surface area contributed by atoms with Crippen LogP contribution in [0.1, 0.15) is 29.5 Å². The second-order valence-electron chi connectivity index (χ2n) is 9.25. The molecule has 0 radical (unpaired) electrons. The normalized spacial score (nSPS) is 15.7. The lowest BCUT2D eigenvalue weighted by atomic mass is 9.97. The lowest BCUT2D eigenvalue weighted by molar-refractivity contribution is -0.125. The van der Waals surface area contributed by atoms with Crippen molar-refractivity contribution in [3.63, 3.8) is 0 Å². The van der Waals surface area contributed by atoms with E-state index >= 15 is 0 Å². The van der Waals surface area contributed by atoms with Crippen LogP contribution in [0.2, 0.25) is 5.02 Å². The third kappa shape index (κ3) is 5.11. The molecule has 0 bridgehead atoms. The number of carbonyl (C=O) groups is 1. The number of nitrogens with one attached hydrogen (secondary N) is 1. The van der Waals surface area contributed by atoms with Gasteiger partial charge in [-0.2, -0.15) is 0 Å². The first-order chi connectivity index (χ1) is 17.5. The van der Waals surface area contributed by atoms with E-state index in [1.807, 2.05) is 72.5 Å². The van der Waals surface area contributed by atoms with Gasteiger partial charge in [0.05, 0.1) is 12.5 Å². The SMILES string of the molecule is Cc1ccc(Cn2c(=O)c(N3CCC[C@H](C(=O)NCc4ccccc4Cl)C3)nc3cccnc32)cc1. The number of anilines is 1. The minimum absolute atomic E-state index is 0.0398. The Kier molecular flexibility index (Phi) is 7.00. The Bertz CT molecular complexity index is 1450. The molecule has 1 amide bonds. The zero-order valence-electron chi connectivity index (χ0n) is 20.2. The zero-order chi connectivity index (χ0) is 25.1. The molecular weight excluding hydrogens is 474 g/mol. The fourth-order valence-electron chi connectivity index (χ4n) is 4.64. The van der Waals surface area contributed by atoms with Gasteiger partial charge < -0.3 is 10.2 Å². The summed E-state index contributed by atoms with van der Waals surface area (Å²) >= 11 is 6.23. The quantitative estimate of drug-likeness (QED) is 0.425. The molecule has 4 aromatic rings. The van der Waals surface area contributed by atoms with Crippen molar-refractivity contribution in [1.82, 2.24) is 19.9 Å². The number of aryl methyl sites for hydroxylation is 1. The summed E-state index contributed by atoms with van der Waals surface area (Å²) < 4.78 is 1.68. The van der Waals surface area contributed by atoms with Gasteiger partial charge in [0.25, 0.3) is 5.56 Å². The number of benzene rings is 2. The molecule has 1 aliphatic heterocycles. The Labute approximate surface area is 214 Å². The van der Waals surface area contributed by atoms with E-state index in [0.29, 0.717) is 48.2 Å². The highest BCUT2D eigenvalue weighted by atomic mass is 35.5. The molecule has 0 saturated carbocycles. The zero-order valence-corrected chi connectivity index (χ0v) is 20.9. The Balaban J connectivity index is 1.40. The van der Waals surface area contributed by atoms with Gasteiger partial charge in [0.15, 0.2) is 11.5 Å². The monoisotopic (exact) mass is 501 g/mol. The van der Waals surface area contributed by atoms with Crippen molar-refractivity contribution < 1.29 is 4.79 Å². The molecule has 0 aliphatic carbocycles. The maximum absolute atomic E-state index is 13.7. The Morgan fingerprint density at radius 3 is 2.72 bits per heavy atom. The molecule has 7 nitrogen and oxygen atoms in total. The van der Waals surface area contributed by atoms with Crippen molar-refractivity contribution in [3.8, 4) is 0 Å². The summed E-state index contributed by atoms with van der Waals surface area (Å²) in [5, 5.41) is 3.64. The van der Waals surface area contributed by atoms with Gasteiger partial charge in [-0.25, -0.2) is 9.97 Å². The first-order valence-electron chi connectivity index (χ1n) is 12.2. The van der Waals surface area contributed by atoms with Gasteiger partial charge in [-0.05, 0) is 49.1 Å². The van der Waals surface area contributed by atoms with Gasteiger partial charge in [-0.3, -0.25) is 14.2 Å². The lowest BCUT2D eigenvalue weighted by Gasteiger charge is -2.32. The molecule has 1 aliphatic rings. The van der Waals surface area contributed by atoms with E-state index in [9.17, 15) is 9.59 Å². The fraction of sp³-hybridized carbons (Fsp3) is 0.286. The standard InChI is InChI=1S/C28H28ClN5O2/c1-19-10-12-20(13-11-19)17-34-25-24(9-4-14-30-25)32-26(28(34)36)33-15-5-7-22(18-33)27(35)31-16-21-6-2-3-8-23(21)29/h2-4,6,8-14,22H,5,7,15-18H2,1H3,(H,31,35)/t22-/m0/s1. The van der Waals surface area contributed by atoms with Crippen molar-refractivity contribution in [2.24, 2.45) is 5.92 Å². The smallest absolute Gasteiger partial charge is 0.295 e. The summed E-state index contributed by atoms with van der Waals surface area (Å²) in [6.45, 7) is 3.92. The second-order valence-corrected chi connectivity index (χ2v) is 9.66. The highest BCUT2D eigenvalue weighted by Crippen LogP contribution is 2.22. The molecule has 3 heterocycles. The Hall–Kier alpha value is -3.71. The summed E-state index contributed by atoms with van der Waals surface area (Å²) in [7, 11) is 0. The number of amides is 1. The molecule has 2 aromatic carbocycles. The van der Waals surface area contributed by atoms with E-state index in [0.717, 1.165) is 29.5 Å². The molecule has 36 heavy (non-hydrogen) atoms. The van der Waals surface area contributed by atoms with Crippen molar-refractivity contribution in [2.75, 3.05) is 18.0 Å². The Morgan fingerprint density at radius 1 is 1.11 bits per heavy atom. The molecule has 1 saturated heterocycles.